The van der Waals surface area contributed by atoms with E-state index in [-0.39, 0.29) is 29.9 Å². The Hall–Kier alpha value is -1.02. The number of amides is 1. The number of anilines is 1. The molecule has 7 heteroatoms. The first-order valence-electron chi connectivity index (χ1n) is 8.90. The molecule has 2 unspecified atom stereocenters. The molecule has 2 rings (SSSR count). The maximum absolute atomic E-state index is 12.1. The first kappa shape index (κ1) is 23.0. The largest absolute Gasteiger partial charge is 0.356 e. The summed E-state index contributed by atoms with van der Waals surface area (Å²) >= 11 is 6.15. The summed E-state index contributed by atoms with van der Waals surface area (Å²) in [5.41, 5.74) is 1.72. The van der Waals surface area contributed by atoms with E-state index in [4.69, 9.17) is 11.6 Å². The predicted molar refractivity (Wildman–Crippen MR) is 121 cm³/mol. The lowest BCUT2D eigenvalue weighted by Gasteiger charge is -2.37. The Labute approximate surface area is 179 Å². The molecular formula is C19H30ClIN4O. The summed E-state index contributed by atoms with van der Waals surface area (Å²) in [6.07, 6.45) is 1.62. The van der Waals surface area contributed by atoms with Gasteiger partial charge < -0.3 is 15.5 Å². The maximum atomic E-state index is 12.1. The van der Waals surface area contributed by atoms with Crippen molar-refractivity contribution in [1.29, 1.82) is 0 Å². The quantitative estimate of drug-likeness (QED) is 0.377. The van der Waals surface area contributed by atoms with Crippen LogP contribution in [0.15, 0.2) is 23.2 Å². The van der Waals surface area contributed by atoms with Gasteiger partial charge in [0, 0.05) is 33.1 Å². The topological polar surface area (TPSA) is 56.7 Å². The zero-order valence-corrected chi connectivity index (χ0v) is 19.1. The Kier molecular flexibility index (Phi) is 9.71. The molecule has 1 heterocycles. The second kappa shape index (κ2) is 11.0. The van der Waals surface area contributed by atoms with Crippen LogP contribution in [0.4, 0.5) is 5.69 Å². The van der Waals surface area contributed by atoms with Gasteiger partial charge >= 0.3 is 0 Å². The number of nitrogens with zero attached hydrogens (tertiary/aromatic N) is 2. The standard InChI is InChI=1S/C19H29ClN4O.HI/c1-13-5-6-17(16(20)10-13)23-18(25)7-8-22-19(21-4)24-11-14(2)9-15(3)12-24;/h5-6,10,14-15H,7-9,11-12H2,1-4H3,(H,21,22)(H,23,25);1H. The number of hydrogen-bond donors (Lipinski definition) is 2. The zero-order valence-electron chi connectivity index (χ0n) is 16.0. The highest BCUT2D eigenvalue weighted by Gasteiger charge is 2.23. The van der Waals surface area contributed by atoms with Crippen LogP contribution in [0.25, 0.3) is 0 Å². The number of aryl methyl sites for hydroxylation is 1. The van der Waals surface area contributed by atoms with Gasteiger partial charge in [0.1, 0.15) is 0 Å². The fraction of sp³-hybridized carbons (Fsp3) is 0.579. The van der Waals surface area contributed by atoms with E-state index < -0.39 is 0 Å². The van der Waals surface area contributed by atoms with Crippen LogP contribution in [0, 0.1) is 18.8 Å². The number of halogens is 2. The lowest BCUT2D eigenvalue weighted by molar-refractivity contribution is -0.116. The minimum absolute atomic E-state index is 0. The van der Waals surface area contributed by atoms with Crippen LogP contribution in [-0.2, 0) is 4.79 Å². The van der Waals surface area contributed by atoms with Crippen LogP contribution in [0.3, 0.4) is 0 Å². The van der Waals surface area contributed by atoms with Crippen molar-refractivity contribution in [1.82, 2.24) is 10.2 Å². The molecule has 1 aromatic carbocycles. The van der Waals surface area contributed by atoms with E-state index in [9.17, 15) is 4.79 Å². The molecule has 1 saturated heterocycles. The van der Waals surface area contributed by atoms with Gasteiger partial charge in [0.25, 0.3) is 0 Å². The van der Waals surface area contributed by atoms with Gasteiger partial charge in [-0.1, -0.05) is 31.5 Å². The Morgan fingerprint density at radius 3 is 2.54 bits per heavy atom. The SMILES string of the molecule is CN=C(NCCC(=O)Nc1ccc(C)cc1Cl)N1CC(C)CC(C)C1.I. The highest BCUT2D eigenvalue weighted by Crippen LogP contribution is 2.23. The van der Waals surface area contributed by atoms with Crippen LogP contribution in [0.5, 0.6) is 0 Å². The zero-order chi connectivity index (χ0) is 18.4. The van der Waals surface area contributed by atoms with Gasteiger partial charge in [0.2, 0.25) is 5.91 Å². The molecule has 1 aromatic rings. The van der Waals surface area contributed by atoms with Crippen molar-refractivity contribution in [3.05, 3.63) is 28.8 Å². The van der Waals surface area contributed by atoms with Crippen molar-refractivity contribution in [3.8, 4) is 0 Å². The van der Waals surface area contributed by atoms with Gasteiger partial charge in [0.05, 0.1) is 10.7 Å². The fourth-order valence-electron chi connectivity index (χ4n) is 3.39. The summed E-state index contributed by atoms with van der Waals surface area (Å²) in [6, 6.07) is 5.61. The van der Waals surface area contributed by atoms with Gasteiger partial charge in [-0.15, -0.1) is 24.0 Å². The Morgan fingerprint density at radius 2 is 1.96 bits per heavy atom. The van der Waals surface area contributed by atoms with Crippen LogP contribution >= 0.6 is 35.6 Å². The number of rotatable bonds is 4. The number of hydrogen-bond acceptors (Lipinski definition) is 2. The molecule has 1 aliphatic rings. The molecule has 26 heavy (non-hydrogen) atoms. The Bertz CT molecular complexity index is 628. The molecule has 1 amide bonds. The molecule has 0 bridgehead atoms. The lowest BCUT2D eigenvalue weighted by Crippen LogP contribution is -2.48. The van der Waals surface area contributed by atoms with E-state index in [2.05, 4.69) is 34.4 Å². The number of likely N-dealkylation sites (tertiary alicyclic amines) is 1. The molecular weight excluding hydrogens is 463 g/mol. The molecule has 0 aromatic heterocycles. The molecule has 0 radical (unpaired) electrons. The molecule has 146 valence electrons. The Balaban J connectivity index is 0.00000338. The molecule has 1 fully saturated rings. The van der Waals surface area contributed by atoms with Crippen LogP contribution in [0.2, 0.25) is 5.02 Å². The van der Waals surface area contributed by atoms with Crippen molar-refractivity contribution in [2.75, 3.05) is 32.0 Å². The number of benzene rings is 1. The summed E-state index contributed by atoms with van der Waals surface area (Å²) in [5, 5.41) is 6.72. The summed E-state index contributed by atoms with van der Waals surface area (Å²) in [5.74, 6) is 2.14. The van der Waals surface area contributed by atoms with E-state index in [1.54, 1.807) is 7.05 Å². The fourth-order valence-corrected chi connectivity index (χ4v) is 3.67. The third-order valence-corrected chi connectivity index (χ3v) is 4.73. The summed E-state index contributed by atoms with van der Waals surface area (Å²) < 4.78 is 0. The monoisotopic (exact) mass is 492 g/mol. The van der Waals surface area contributed by atoms with Gasteiger partial charge in [-0.2, -0.15) is 0 Å². The number of nitrogens with one attached hydrogen (secondary N) is 2. The third kappa shape index (κ3) is 6.95. The highest BCUT2D eigenvalue weighted by atomic mass is 127. The van der Waals surface area contributed by atoms with Crippen LogP contribution in [0.1, 0.15) is 32.3 Å². The van der Waals surface area contributed by atoms with Crippen molar-refractivity contribution in [3.63, 3.8) is 0 Å². The summed E-state index contributed by atoms with van der Waals surface area (Å²) in [4.78, 5) is 18.8. The average Bonchev–Trinajstić information content (AvgIpc) is 2.53. The van der Waals surface area contributed by atoms with Gasteiger partial charge in [-0.05, 0) is 42.9 Å². The van der Waals surface area contributed by atoms with Crippen molar-refractivity contribution in [2.24, 2.45) is 16.8 Å². The van der Waals surface area contributed by atoms with Gasteiger partial charge in [-0.25, -0.2) is 0 Å². The lowest BCUT2D eigenvalue weighted by atomic mass is 9.92. The van der Waals surface area contributed by atoms with E-state index in [1.165, 1.54) is 6.42 Å². The molecule has 2 N–H and O–H groups in total. The van der Waals surface area contributed by atoms with Crippen LogP contribution < -0.4 is 10.6 Å². The van der Waals surface area contributed by atoms with Gasteiger partial charge in [-0.3, -0.25) is 9.79 Å². The molecule has 5 nitrogen and oxygen atoms in total. The summed E-state index contributed by atoms with van der Waals surface area (Å²) in [6.45, 7) is 9.07. The first-order valence-corrected chi connectivity index (χ1v) is 9.28. The minimum atomic E-state index is -0.0610. The second-order valence-electron chi connectivity index (χ2n) is 7.11. The minimum Gasteiger partial charge on any atom is -0.356 e. The van der Waals surface area contributed by atoms with Crippen molar-refractivity contribution < 1.29 is 4.79 Å². The van der Waals surface area contributed by atoms with Crippen molar-refractivity contribution >= 4 is 53.1 Å². The van der Waals surface area contributed by atoms with Gasteiger partial charge in [0.15, 0.2) is 5.96 Å². The number of carbonyl (C=O) groups excluding carboxylic acids is 1. The third-order valence-electron chi connectivity index (χ3n) is 4.41. The van der Waals surface area contributed by atoms with Crippen LogP contribution in [-0.4, -0.2) is 43.4 Å². The maximum Gasteiger partial charge on any atom is 0.226 e. The number of carbonyl (C=O) groups is 1. The Morgan fingerprint density at radius 1 is 1.31 bits per heavy atom. The predicted octanol–water partition coefficient (Wildman–Crippen LogP) is 4.15. The van der Waals surface area contributed by atoms with Crippen molar-refractivity contribution in [2.45, 2.75) is 33.6 Å². The molecule has 0 aliphatic carbocycles. The first-order chi connectivity index (χ1) is 11.9. The normalized spacial score (nSPS) is 20.3. The average molecular weight is 493 g/mol. The number of aliphatic imine (C=N–C) groups is 1. The van der Waals surface area contributed by atoms with E-state index in [0.717, 1.165) is 24.6 Å². The molecule has 2 atom stereocenters. The highest BCUT2D eigenvalue weighted by molar-refractivity contribution is 14.0. The second-order valence-corrected chi connectivity index (χ2v) is 7.51. The summed E-state index contributed by atoms with van der Waals surface area (Å²) in [7, 11) is 1.79. The number of guanidine groups is 1. The van der Waals surface area contributed by atoms with E-state index >= 15 is 0 Å². The smallest absolute Gasteiger partial charge is 0.226 e. The molecule has 0 saturated carbocycles. The molecule has 1 aliphatic heterocycles. The molecule has 0 spiro atoms. The van der Waals surface area contributed by atoms with E-state index in [1.807, 2.05) is 25.1 Å². The number of piperidine rings is 1. The van der Waals surface area contributed by atoms with E-state index in [0.29, 0.717) is 35.5 Å².